The third kappa shape index (κ3) is 2.19. The summed E-state index contributed by atoms with van der Waals surface area (Å²) in [5.74, 6) is 5.52. The van der Waals surface area contributed by atoms with Crippen LogP contribution in [0.5, 0.6) is 0 Å². The Balaban J connectivity index is 2.08. The van der Waals surface area contributed by atoms with Crippen LogP contribution in [0.2, 0.25) is 0 Å². The van der Waals surface area contributed by atoms with Crippen LogP contribution in [0.4, 0.5) is 0 Å². The van der Waals surface area contributed by atoms with Crippen LogP contribution in [0.15, 0.2) is 29.2 Å². The van der Waals surface area contributed by atoms with Gasteiger partial charge in [0, 0.05) is 22.4 Å². The SMILES string of the molecule is NNC(Cc1cncs1)c1cccs1. The summed E-state index contributed by atoms with van der Waals surface area (Å²) < 4.78 is 0. The molecular weight excluding hydrogens is 214 g/mol. The standard InChI is InChI=1S/C9H11N3S2/c10-12-8(9-2-1-3-13-9)4-7-5-11-6-14-7/h1-3,5-6,8,12H,4,10H2. The number of nitrogens with zero attached hydrogens (tertiary/aromatic N) is 1. The molecule has 0 radical (unpaired) electrons. The molecule has 0 amide bonds. The minimum Gasteiger partial charge on any atom is -0.271 e. The highest BCUT2D eigenvalue weighted by Gasteiger charge is 2.11. The van der Waals surface area contributed by atoms with Gasteiger partial charge in [0.25, 0.3) is 0 Å². The zero-order valence-corrected chi connectivity index (χ0v) is 9.15. The molecule has 5 heteroatoms. The molecule has 2 rings (SSSR count). The van der Waals surface area contributed by atoms with Crippen molar-refractivity contribution in [3.05, 3.63) is 39.0 Å². The maximum atomic E-state index is 5.52. The largest absolute Gasteiger partial charge is 0.271 e. The van der Waals surface area contributed by atoms with Crippen LogP contribution >= 0.6 is 22.7 Å². The second kappa shape index (κ2) is 4.65. The van der Waals surface area contributed by atoms with Gasteiger partial charge in [0.15, 0.2) is 0 Å². The number of nitrogens with one attached hydrogen (secondary N) is 1. The Hall–Kier alpha value is -0.750. The molecule has 0 spiro atoms. The number of thiophene rings is 1. The van der Waals surface area contributed by atoms with Gasteiger partial charge in [-0.3, -0.25) is 16.3 Å². The number of hydrogen-bond acceptors (Lipinski definition) is 5. The average Bonchev–Trinajstić information content (AvgIpc) is 2.86. The molecule has 0 aromatic carbocycles. The average molecular weight is 225 g/mol. The Morgan fingerprint density at radius 2 is 2.43 bits per heavy atom. The summed E-state index contributed by atoms with van der Waals surface area (Å²) in [6, 6.07) is 4.34. The van der Waals surface area contributed by atoms with Gasteiger partial charge in [0.2, 0.25) is 0 Å². The van der Waals surface area contributed by atoms with Crippen molar-refractivity contribution in [2.24, 2.45) is 5.84 Å². The number of rotatable bonds is 4. The monoisotopic (exact) mass is 225 g/mol. The van der Waals surface area contributed by atoms with Crippen LogP contribution in [0.3, 0.4) is 0 Å². The zero-order valence-electron chi connectivity index (χ0n) is 7.51. The lowest BCUT2D eigenvalue weighted by molar-refractivity contribution is 0.564. The first-order valence-corrected chi connectivity index (χ1v) is 6.03. The maximum Gasteiger partial charge on any atom is 0.0794 e. The Morgan fingerprint density at radius 3 is 3.00 bits per heavy atom. The lowest BCUT2D eigenvalue weighted by atomic mass is 10.1. The van der Waals surface area contributed by atoms with Crippen LogP contribution in [0.1, 0.15) is 15.8 Å². The van der Waals surface area contributed by atoms with E-state index >= 15 is 0 Å². The van der Waals surface area contributed by atoms with E-state index in [1.807, 2.05) is 17.8 Å². The van der Waals surface area contributed by atoms with Gasteiger partial charge in [-0.25, -0.2) is 0 Å². The lowest BCUT2D eigenvalue weighted by Crippen LogP contribution is -2.28. The molecular formula is C9H11N3S2. The van der Waals surface area contributed by atoms with E-state index in [9.17, 15) is 0 Å². The van der Waals surface area contributed by atoms with Gasteiger partial charge in [-0.2, -0.15) is 0 Å². The third-order valence-corrected chi connectivity index (χ3v) is 3.76. The van der Waals surface area contributed by atoms with Gasteiger partial charge in [-0.05, 0) is 11.4 Å². The minimum absolute atomic E-state index is 0.204. The van der Waals surface area contributed by atoms with Crippen molar-refractivity contribution in [2.75, 3.05) is 0 Å². The fourth-order valence-electron chi connectivity index (χ4n) is 1.28. The summed E-state index contributed by atoms with van der Waals surface area (Å²) in [4.78, 5) is 6.56. The van der Waals surface area contributed by atoms with Gasteiger partial charge in [-0.15, -0.1) is 22.7 Å². The van der Waals surface area contributed by atoms with E-state index in [0.717, 1.165) is 6.42 Å². The fourth-order valence-corrected chi connectivity index (χ4v) is 2.70. The molecule has 14 heavy (non-hydrogen) atoms. The molecule has 0 saturated carbocycles. The van der Waals surface area contributed by atoms with Crippen LogP contribution < -0.4 is 11.3 Å². The van der Waals surface area contributed by atoms with Crippen molar-refractivity contribution >= 4 is 22.7 Å². The first-order valence-electron chi connectivity index (χ1n) is 4.27. The van der Waals surface area contributed by atoms with Gasteiger partial charge >= 0.3 is 0 Å². The molecule has 0 aliphatic rings. The molecule has 3 nitrogen and oxygen atoms in total. The normalized spacial score (nSPS) is 12.9. The third-order valence-electron chi connectivity index (χ3n) is 1.98. The Labute approximate surface area is 90.6 Å². The Kier molecular flexibility index (Phi) is 3.26. The predicted molar refractivity (Wildman–Crippen MR) is 60.2 cm³/mol. The highest BCUT2D eigenvalue weighted by molar-refractivity contribution is 7.10. The molecule has 0 aliphatic carbocycles. The molecule has 0 bridgehead atoms. The summed E-state index contributed by atoms with van der Waals surface area (Å²) in [7, 11) is 0. The summed E-state index contributed by atoms with van der Waals surface area (Å²) in [5.41, 5.74) is 4.68. The summed E-state index contributed by atoms with van der Waals surface area (Å²) in [6.45, 7) is 0. The van der Waals surface area contributed by atoms with Crippen molar-refractivity contribution in [2.45, 2.75) is 12.5 Å². The topological polar surface area (TPSA) is 50.9 Å². The number of hydrazine groups is 1. The van der Waals surface area contributed by atoms with Crippen LogP contribution in [-0.2, 0) is 6.42 Å². The Morgan fingerprint density at radius 1 is 1.50 bits per heavy atom. The van der Waals surface area contributed by atoms with Gasteiger partial charge in [0.05, 0.1) is 11.6 Å². The minimum atomic E-state index is 0.204. The molecule has 2 aromatic rings. The number of aromatic nitrogens is 1. The van der Waals surface area contributed by atoms with Crippen molar-refractivity contribution in [3.8, 4) is 0 Å². The molecule has 1 atom stereocenters. The maximum absolute atomic E-state index is 5.52. The molecule has 0 saturated heterocycles. The number of thiazole rings is 1. The van der Waals surface area contributed by atoms with Gasteiger partial charge < -0.3 is 0 Å². The molecule has 0 aliphatic heterocycles. The quantitative estimate of drug-likeness (QED) is 0.617. The predicted octanol–water partition coefficient (Wildman–Crippen LogP) is 1.95. The second-order valence-corrected chi connectivity index (χ2v) is 4.86. The van der Waals surface area contributed by atoms with Crippen LogP contribution in [0.25, 0.3) is 0 Å². The first-order chi connectivity index (χ1) is 6.90. The van der Waals surface area contributed by atoms with E-state index in [2.05, 4.69) is 21.9 Å². The van der Waals surface area contributed by atoms with Crippen molar-refractivity contribution in [1.29, 1.82) is 0 Å². The van der Waals surface area contributed by atoms with E-state index in [-0.39, 0.29) is 6.04 Å². The van der Waals surface area contributed by atoms with E-state index in [0.29, 0.717) is 0 Å². The first kappa shape index (κ1) is 9.79. The van der Waals surface area contributed by atoms with Crippen LogP contribution in [0, 0.1) is 0 Å². The molecule has 2 heterocycles. The highest BCUT2D eigenvalue weighted by Crippen LogP contribution is 2.23. The number of hydrogen-bond donors (Lipinski definition) is 2. The second-order valence-electron chi connectivity index (χ2n) is 2.91. The van der Waals surface area contributed by atoms with Crippen molar-refractivity contribution in [3.63, 3.8) is 0 Å². The summed E-state index contributed by atoms with van der Waals surface area (Å²) >= 11 is 3.38. The highest BCUT2D eigenvalue weighted by atomic mass is 32.1. The molecule has 3 N–H and O–H groups in total. The van der Waals surface area contributed by atoms with Crippen molar-refractivity contribution in [1.82, 2.24) is 10.4 Å². The van der Waals surface area contributed by atoms with E-state index in [4.69, 9.17) is 5.84 Å². The zero-order chi connectivity index (χ0) is 9.80. The fraction of sp³-hybridized carbons (Fsp3) is 0.222. The van der Waals surface area contributed by atoms with E-state index in [1.54, 1.807) is 22.7 Å². The Bertz CT molecular complexity index is 355. The van der Waals surface area contributed by atoms with Crippen molar-refractivity contribution < 1.29 is 0 Å². The van der Waals surface area contributed by atoms with E-state index in [1.165, 1.54) is 9.75 Å². The smallest absolute Gasteiger partial charge is 0.0794 e. The molecule has 74 valence electrons. The summed E-state index contributed by atoms with van der Waals surface area (Å²) in [5, 5.41) is 2.06. The van der Waals surface area contributed by atoms with Gasteiger partial charge in [0.1, 0.15) is 0 Å². The molecule has 0 fully saturated rings. The lowest BCUT2D eigenvalue weighted by Gasteiger charge is -2.12. The number of nitrogens with two attached hydrogens (primary N) is 1. The summed E-state index contributed by atoms with van der Waals surface area (Å²) in [6.07, 6.45) is 2.80. The van der Waals surface area contributed by atoms with Crippen LogP contribution in [-0.4, -0.2) is 4.98 Å². The van der Waals surface area contributed by atoms with Gasteiger partial charge in [-0.1, -0.05) is 6.07 Å². The van der Waals surface area contributed by atoms with E-state index < -0.39 is 0 Å². The molecule has 1 unspecified atom stereocenters. The molecule has 2 aromatic heterocycles.